The predicted octanol–water partition coefficient (Wildman–Crippen LogP) is 1.08. The van der Waals surface area contributed by atoms with Crippen LogP contribution in [0.2, 0.25) is 6.32 Å². The van der Waals surface area contributed by atoms with Crippen LogP contribution in [-0.4, -0.2) is 52.0 Å². The first-order valence-corrected chi connectivity index (χ1v) is 8.35. The van der Waals surface area contributed by atoms with Gasteiger partial charge >= 0.3 is 5.97 Å². The Bertz CT molecular complexity index is 712. The van der Waals surface area contributed by atoms with Crippen molar-refractivity contribution in [1.29, 1.82) is 0 Å². The van der Waals surface area contributed by atoms with Crippen LogP contribution in [-0.2, 0) is 19.4 Å². The quantitative estimate of drug-likeness (QED) is 0.662. The fourth-order valence-electron chi connectivity index (χ4n) is 3.41. The first kappa shape index (κ1) is 16.6. The Labute approximate surface area is 141 Å². The van der Waals surface area contributed by atoms with Gasteiger partial charge in [-0.3, -0.25) is 4.90 Å². The van der Waals surface area contributed by atoms with E-state index in [1.165, 1.54) is 0 Å². The summed E-state index contributed by atoms with van der Waals surface area (Å²) in [7, 11) is 2.01. The smallest absolute Gasteiger partial charge is 0.339 e. The number of hydrogen-bond donors (Lipinski definition) is 3. The Balaban J connectivity index is 1.65. The molecule has 1 aliphatic rings. The van der Waals surface area contributed by atoms with Gasteiger partial charge in [0.05, 0.1) is 12.0 Å². The van der Waals surface area contributed by atoms with Crippen LogP contribution in [0.4, 0.5) is 0 Å². The summed E-state index contributed by atoms with van der Waals surface area (Å²) in [4.78, 5) is 21.0. The minimum Gasteiger partial charge on any atom is -0.507 e. The number of phenols is 1. The van der Waals surface area contributed by atoms with Gasteiger partial charge in [0.25, 0.3) is 0 Å². The van der Waals surface area contributed by atoms with Gasteiger partial charge in [0.15, 0.2) is 0 Å². The van der Waals surface area contributed by atoms with Crippen LogP contribution in [0.3, 0.4) is 0 Å². The molecule has 0 radical (unpaired) electrons. The average Bonchev–Trinajstić information content (AvgIpc) is 3.00. The van der Waals surface area contributed by atoms with E-state index in [9.17, 15) is 15.0 Å². The van der Waals surface area contributed by atoms with Gasteiger partial charge < -0.3 is 15.2 Å². The third-order valence-corrected chi connectivity index (χ3v) is 4.56. The average molecular weight is 327 g/mol. The van der Waals surface area contributed by atoms with Crippen molar-refractivity contribution in [1.82, 2.24) is 14.9 Å². The lowest BCUT2D eigenvalue weighted by Crippen LogP contribution is -2.47. The van der Waals surface area contributed by atoms with Crippen molar-refractivity contribution < 1.29 is 15.0 Å². The van der Waals surface area contributed by atoms with Crippen LogP contribution >= 0.6 is 0 Å². The monoisotopic (exact) mass is 327 g/mol. The number of benzene rings is 1. The van der Waals surface area contributed by atoms with Crippen molar-refractivity contribution >= 4 is 13.8 Å². The number of aryl methyl sites for hydroxylation is 1. The first-order valence-electron chi connectivity index (χ1n) is 8.35. The van der Waals surface area contributed by atoms with Crippen LogP contribution in [0.15, 0.2) is 24.7 Å². The summed E-state index contributed by atoms with van der Waals surface area (Å²) in [6, 6.07) is 3.73. The molecule has 2 heterocycles. The Morgan fingerprint density at radius 3 is 2.75 bits per heavy atom. The van der Waals surface area contributed by atoms with Gasteiger partial charge in [-0.25, -0.2) is 9.78 Å². The molecule has 6 nitrogen and oxygen atoms in total. The molecule has 0 bridgehead atoms. The molecule has 24 heavy (non-hydrogen) atoms. The number of carboxylic acids is 1. The number of carbonyl (C=O) groups is 1. The normalized spacial score (nSPS) is 15.3. The number of hydrogen-bond acceptors (Lipinski definition) is 4. The van der Waals surface area contributed by atoms with Crippen LogP contribution in [0.5, 0.6) is 5.75 Å². The number of carboxylic acid groups (broad SMARTS) is 1. The standard InChI is InChI=1S/C17H22BN3O3/c18-4-3-12-1-2-13(15(16(12)22)17(23)24)5-11-7-21(8-11)9-14-6-19-10-20-14/h1-2,6,10-11,22H,3-5,7-9,18H2,(H,19,20)(H,23,24). The van der Waals surface area contributed by atoms with Crippen molar-refractivity contribution in [3.05, 3.63) is 47.0 Å². The molecule has 0 atom stereocenters. The minimum atomic E-state index is -1.05. The van der Waals surface area contributed by atoms with E-state index in [4.69, 9.17) is 0 Å². The number of aromatic carboxylic acids is 1. The second kappa shape index (κ2) is 7.09. The Hall–Kier alpha value is -2.28. The van der Waals surface area contributed by atoms with E-state index in [1.807, 2.05) is 26.2 Å². The molecule has 0 aliphatic carbocycles. The van der Waals surface area contributed by atoms with E-state index in [0.29, 0.717) is 24.3 Å². The van der Waals surface area contributed by atoms with Crippen molar-refractivity contribution in [2.24, 2.45) is 5.92 Å². The molecule has 1 fully saturated rings. The zero-order valence-electron chi connectivity index (χ0n) is 13.8. The van der Waals surface area contributed by atoms with Gasteiger partial charge in [-0.2, -0.15) is 0 Å². The highest BCUT2D eigenvalue weighted by Gasteiger charge is 2.29. The highest BCUT2D eigenvalue weighted by molar-refractivity contribution is 6.08. The lowest BCUT2D eigenvalue weighted by molar-refractivity contribution is 0.0687. The second-order valence-corrected chi connectivity index (χ2v) is 6.49. The summed E-state index contributed by atoms with van der Waals surface area (Å²) in [5.74, 6) is -0.693. The summed E-state index contributed by atoms with van der Waals surface area (Å²) in [5, 5.41) is 19.8. The summed E-state index contributed by atoms with van der Waals surface area (Å²) in [6.07, 6.45) is 5.80. The molecule has 3 N–H and O–H groups in total. The maximum atomic E-state index is 11.6. The predicted molar refractivity (Wildman–Crippen MR) is 93.2 cm³/mol. The van der Waals surface area contributed by atoms with Gasteiger partial charge in [0.1, 0.15) is 19.2 Å². The molecule has 0 spiro atoms. The van der Waals surface area contributed by atoms with E-state index in [0.717, 1.165) is 37.2 Å². The van der Waals surface area contributed by atoms with Crippen molar-refractivity contribution in [2.45, 2.75) is 25.7 Å². The molecule has 0 saturated carbocycles. The number of nitrogens with zero attached hydrogens (tertiary/aromatic N) is 2. The van der Waals surface area contributed by atoms with Crippen LogP contribution in [0.1, 0.15) is 27.2 Å². The van der Waals surface area contributed by atoms with Gasteiger partial charge in [-0.15, -0.1) is 0 Å². The molecule has 1 aromatic heterocycles. The lowest BCUT2D eigenvalue weighted by Gasteiger charge is -2.39. The lowest BCUT2D eigenvalue weighted by atomic mass is 9.87. The van der Waals surface area contributed by atoms with Crippen LogP contribution in [0.25, 0.3) is 0 Å². The zero-order chi connectivity index (χ0) is 17.1. The third-order valence-electron chi connectivity index (χ3n) is 4.56. The number of aromatic hydroxyl groups is 1. The highest BCUT2D eigenvalue weighted by Crippen LogP contribution is 2.31. The molecule has 2 aromatic rings. The maximum Gasteiger partial charge on any atom is 0.339 e. The Kier molecular flexibility index (Phi) is 4.90. The highest BCUT2D eigenvalue weighted by atomic mass is 16.4. The molecule has 1 aliphatic heterocycles. The van der Waals surface area contributed by atoms with Gasteiger partial charge in [0, 0.05) is 25.8 Å². The minimum absolute atomic E-state index is 0.0606. The SMILES string of the molecule is BCCc1ccc(CC2CN(Cc3c[nH]cn3)C2)c(C(=O)O)c1O. The summed E-state index contributed by atoms with van der Waals surface area (Å²) in [6.45, 7) is 2.65. The number of aromatic amines is 1. The fraction of sp³-hybridized carbons (Fsp3) is 0.412. The van der Waals surface area contributed by atoms with Gasteiger partial charge in [-0.1, -0.05) is 18.5 Å². The number of imidazole rings is 1. The first-order chi connectivity index (χ1) is 11.6. The molecule has 0 unspecified atom stereocenters. The number of H-pyrrole nitrogens is 1. The van der Waals surface area contributed by atoms with E-state index in [2.05, 4.69) is 14.9 Å². The molecule has 3 rings (SSSR count). The molecule has 126 valence electrons. The summed E-state index contributed by atoms with van der Waals surface area (Å²) >= 11 is 0. The number of nitrogens with one attached hydrogen (secondary N) is 1. The Morgan fingerprint density at radius 2 is 2.12 bits per heavy atom. The molecular formula is C17H22BN3O3. The zero-order valence-corrected chi connectivity index (χ0v) is 13.8. The Morgan fingerprint density at radius 1 is 1.38 bits per heavy atom. The number of rotatable bonds is 7. The van der Waals surface area contributed by atoms with Crippen molar-refractivity contribution in [3.63, 3.8) is 0 Å². The molecule has 1 aromatic carbocycles. The van der Waals surface area contributed by atoms with Crippen LogP contribution in [0, 0.1) is 5.92 Å². The second-order valence-electron chi connectivity index (χ2n) is 6.49. The molecule has 7 heteroatoms. The molecule has 0 amide bonds. The van der Waals surface area contributed by atoms with Crippen LogP contribution < -0.4 is 0 Å². The van der Waals surface area contributed by atoms with Crippen molar-refractivity contribution in [3.8, 4) is 5.75 Å². The fourth-order valence-corrected chi connectivity index (χ4v) is 3.41. The van der Waals surface area contributed by atoms with Gasteiger partial charge in [0.2, 0.25) is 0 Å². The van der Waals surface area contributed by atoms with E-state index in [1.54, 1.807) is 6.33 Å². The topological polar surface area (TPSA) is 89.5 Å². The van der Waals surface area contributed by atoms with E-state index < -0.39 is 5.97 Å². The number of aromatic nitrogens is 2. The largest absolute Gasteiger partial charge is 0.507 e. The number of likely N-dealkylation sites (tertiary alicyclic amines) is 1. The molecule has 1 saturated heterocycles. The molecular weight excluding hydrogens is 305 g/mol. The summed E-state index contributed by atoms with van der Waals surface area (Å²) < 4.78 is 0. The maximum absolute atomic E-state index is 11.6. The van der Waals surface area contributed by atoms with E-state index >= 15 is 0 Å². The summed E-state index contributed by atoms with van der Waals surface area (Å²) in [5.41, 5.74) is 2.53. The van der Waals surface area contributed by atoms with Crippen molar-refractivity contribution in [2.75, 3.05) is 13.1 Å². The third kappa shape index (κ3) is 3.46. The van der Waals surface area contributed by atoms with E-state index in [-0.39, 0.29) is 11.3 Å². The van der Waals surface area contributed by atoms with Gasteiger partial charge in [-0.05, 0) is 29.9 Å².